The van der Waals surface area contributed by atoms with Gasteiger partial charge in [-0.2, -0.15) is 0 Å². The molecule has 1 aliphatic heterocycles. The summed E-state index contributed by atoms with van der Waals surface area (Å²) in [6, 6.07) is 16.8. The Kier molecular flexibility index (Phi) is 4.14. The van der Waals surface area contributed by atoms with Gasteiger partial charge in [-0.15, -0.1) is 0 Å². The third-order valence-electron chi connectivity index (χ3n) is 4.62. The predicted molar refractivity (Wildman–Crippen MR) is 102 cm³/mol. The molecule has 0 bridgehead atoms. The highest BCUT2D eigenvalue weighted by Gasteiger charge is 2.25. The number of aromatic nitrogens is 2. The average Bonchev–Trinajstić information content (AvgIpc) is 2.61. The average molecular weight is 333 g/mol. The maximum Gasteiger partial charge on any atom is 0.226 e. The summed E-state index contributed by atoms with van der Waals surface area (Å²) < 4.78 is 5.86. The molecule has 128 valence electrons. The standard InChI is InChI=1S/C21H23N3O/c1-14-8-10-17(11-9-14)20-18-6-4-5-7-19(18)22-21(23-20)24-12-15(2)25-16(3)13-24/h4-11,15-16H,12-13H2,1-3H3. The molecule has 0 spiro atoms. The molecule has 0 aliphatic carbocycles. The van der Waals surface area contributed by atoms with E-state index < -0.39 is 0 Å². The van der Waals surface area contributed by atoms with Crippen molar-refractivity contribution in [2.24, 2.45) is 0 Å². The smallest absolute Gasteiger partial charge is 0.226 e. The van der Waals surface area contributed by atoms with E-state index in [1.807, 2.05) is 12.1 Å². The molecule has 0 radical (unpaired) electrons. The maximum absolute atomic E-state index is 5.86. The van der Waals surface area contributed by atoms with E-state index in [1.54, 1.807) is 0 Å². The van der Waals surface area contributed by atoms with Crippen LogP contribution in [0.15, 0.2) is 48.5 Å². The van der Waals surface area contributed by atoms with Gasteiger partial charge in [-0.1, -0.05) is 48.0 Å². The number of morpholine rings is 1. The van der Waals surface area contributed by atoms with Gasteiger partial charge in [0.25, 0.3) is 0 Å². The monoisotopic (exact) mass is 333 g/mol. The molecule has 1 aliphatic rings. The summed E-state index contributed by atoms with van der Waals surface area (Å²) in [5.41, 5.74) is 4.35. The molecule has 2 heterocycles. The number of nitrogens with zero attached hydrogens (tertiary/aromatic N) is 3. The summed E-state index contributed by atoms with van der Waals surface area (Å²) >= 11 is 0. The molecule has 0 amide bonds. The quantitative estimate of drug-likeness (QED) is 0.704. The first-order valence-electron chi connectivity index (χ1n) is 8.84. The van der Waals surface area contributed by atoms with Crippen LogP contribution >= 0.6 is 0 Å². The summed E-state index contributed by atoms with van der Waals surface area (Å²) in [6.07, 6.45) is 0.364. The SMILES string of the molecule is Cc1ccc(-c2nc(N3CC(C)OC(C)C3)nc3ccccc23)cc1. The second-order valence-corrected chi connectivity index (χ2v) is 6.92. The summed E-state index contributed by atoms with van der Waals surface area (Å²) in [7, 11) is 0. The van der Waals surface area contributed by atoms with E-state index >= 15 is 0 Å². The van der Waals surface area contributed by atoms with Crippen LogP contribution in [0.2, 0.25) is 0 Å². The van der Waals surface area contributed by atoms with Gasteiger partial charge in [-0.05, 0) is 26.8 Å². The summed E-state index contributed by atoms with van der Waals surface area (Å²) in [4.78, 5) is 12.0. The van der Waals surface area contributed by atoms with Gasteiger partial charge >= 0.3 is 0 Å². The first-order chi connectivity index (χ1) is 12.1. The van der Waals surface area contributed by atoms with Gasteiger partial charge in [-0.3, -0.25) is 0 Å². The van der Waals surface area contributed by atoms with Crippen molar-refractivity contribution in [1.82, 2.24) is 9.97 Å². The van der Waals surface area contributed by atoms with E-state index in [2.05, 4.69) is 62.1 Å². The van der Waals surface area contributed by atoms with Crippen LogP contribution in [0.3, 0.4) is 0 Å². The molecule has 1 fully saturated rings. The van der Waals surface area contributed by atoms with Gasteiger partial charge in [0.15, 0.2) is 0 Å². The molecule has 0 N–H and O–H groups in total. The number of rotatable bonds is 2. The van der Waals surface area contributed by atoms with Crippen molar-refractivity contribution >= 4 is 16.9 Å². The summed E-state index contributed by atoms with van der Waals surface area (Å²) in [5, 5.41) is 1.09. The Labute approximate surface area is 148 Å². The Morgan fingerprint density at radius 1 is 0.920 bits per heavy atom. The molecular formula is C21H23N3O. The molecule has 25 heavy (non-hydrogen) atoms. The van der Waals surface area contributed by atoms with Crippen LogP contribution in [0.1, 0.15) is 19.4 Å². The van der Waals surface area contributed by atoms with E-state index in [0.29, 0.717) is 0 Å². The number of benzene rings is 2. The van der Waals surface area contributed by atoms with Gasteiger partial charge in [0, 0.05) is 24.0 Å². The minimum Gasteiger partial charge on any atom is -0.372 e. The fourth-order valence-electron chi connectivity index (χ4n) is 3.48. The minimum atomic E-state index is 0.182. The van der Waals surface area contributed by atoms with E-state index in [1.165, 1.54) is 5.56 Å². The molecule has 1 aromatic heterocycles. The van der Waals surface area contributed by atoms with E-state index in [0.717, 1.165) is 41.2 Å². The maximum atomic E-state index is 5.86. The second-order valence-electron chi connectivity index (χ2n) is 6.92. The number of aryl methyl sites for hydroxylation is 1. The third kappa shape index (κ3) is 3.22. The van der Waals surface area contributed by atoms with Crippen molar-refractivity contribution in [3.05, 3.63) is 54.1 Å². The zero-order valence-electron chi connectivity index (χ0n) is 14.9. The highest BCUT2D eigenvalue weighted by molar-refractivity contribution is 5.93. The minimum absolute atomic E-state index is 0.182. The van der Waals surface area contributed by atoms with E-state index in [4.69, 9.17) is 14.7 Å². The lowest BCUT2D eigenvalue weighted by Crippen LogP contribution is -2.46. The van der Waals surface area contributed by atoms with Crippen LogP contribution in [0.5, 0.6) is 0 Å². The number of hydrogen-bond acceptors (Lipinski definition) is 4. The highest BCUT2D eigenvalue weighted by Crippen LogP contribution is 2.29. The molecule has 2 unspecified atom stereocenters. The molecule has 3 aromatic rings. The largest absolute Gasteiger partial charge is 0.372 e. The van der Waals surface area contributed by atoms with Crippen LogP contribution in [-0.2, 0) is 4.74 Å². The fourth-order valence-corrected chi connectivity index (χ4v) is 3.48. The molecule has 2 aromatic carbocycles. The zero-order chi connectivity index (χ0) is 17.4. The predicted octanol–water partition coefficient (Wildman–Crippen LogP) is 4.22. The van der Waals surface area contributed by atoms with Crippen molar-refractivity contribution in [3.8, 4) is 11.3 Å². The van der Waals surface area contributed by atoms with Gasteiger partial charge in [0.2, 0.25) is 5.95 Å². The Bertz CT molecular complexity index is 881. The Hall–Kier alpha value is -2.46. The summed E-state index contributed by atoms with van der Waals surface area (Å²) in [6.45, 7) is 7.94. The molecule has 1 saturated heterocycles. The van der Waals surface area contributed by atoms with Crippen molar-refractivity contribution in [2.75, 3.05) is 18.0 Å². The van der Waals surface area contributed by atoms with E-state index in [9.17, 15) is 0 Å². The molecule has 4 rings (SSSR count). The van der Waals surface area contributed by atoms with Crippen LogP contribution in [-0.4, -0.2) is 35.3 Å². The zero-order valence-corrected chi connectivity index (χ0v) is 14.9. The van der Waals surface area contributed by atoms with Crippen molar-refractivity contribution < 1.29 is 4.74 Å². The fraction of sp³-hybridized carbons (Fsp3) is 0.333. The number of ether oxygens (including phenoxy) is 1. The lowest BCUT2D eigenvalue weighted by molar-refractivity contribution is -0.00569. The van der Waals surface area contributed by atoms with Gasteiger partial charge < -0.3 is 9.64 Å². The van der Waals surface area contributed by atoms with E-state index in [-0.39, 0.29) is 12.2 Å². The van der Waals surface area contributed by atoms with Gasteiger partial charge in [0.05, 0.1) is 23.4 Å². The number of anilines is 1. The normalized spacial score (nSPS) is 20.8. The van der Waals surface area contributed by atoms with Crippen molar-refractivity contribution in [3.63, 3.8) is 0 Å². The van der Waals surface area contributed by atoms with Crippen LogP contribution in [0.25, 0.3) is 22.2 Å². The molecule has 2 atom stereocenters. The van der Waals surface area contributed by atoms with Crippen molar-refractivity contribution in [2.45, 2.75) is 33.0 Å². The lowest BCUT2D eigenvalue weighted by Gasteiger charge is -2.35. The Morgan fingerprint density at radius 3 is 2.32 bits per heavy atom. The molecule has 4 heteroatoms. The Balaban J connectivity index is 1.85. The summed E-state index contributed by atoms with van der Waals surface area (Å²) in [5.74, 6) is 0.788. The van der Waals surface area contributed by atoms with Crippen molar-refractivity contribution in [1.29, 1.82) is 0 Å². The van der Waals surface area contributed by atoms with Gasteiger partial charge in [-0.25, -0.2) is 9.97 Å². The topological polar surface area (TPSA) is 38.2 Å². The first-order valence-corrected chi connectivity index (χ1v) is 8.84. The van der Waals surface area contributed by atoms with Crippen LogP contribution in [0, 0.1) is 6.92 Å². The molecule has 4 nitrogen and oxygen atoms in total. The first kappa shape index (κ1) is 16.0. The highest BCUT2D eigenvalue weighted by atomic mass is 16.5. The number of fused-ring (bicyclic) bond motifs is 1. The third-order valence-corrected chi connectivity index (χ3v) is 4.62. The lowest BCUT2D eigenvalue weighted by atomic mass is 10.1. The van der Waals surface area contributed by atoms with Crippen LogP contribution in [0.4, 0.5) is 5.95 Å². The Morgan fingerprint density at radius 2 is 1.60 bits per heavy atom. The van der Waals surface area contributed by atoms with Crippen LogP contribution < -0.4 is 4.90 Å². The molecular weight excluding hydrogens is 310 g/mol. The number of para-hydroxylation sites is 1. The molecule has 0 saturated carbocycles. The number of hydrogen-bond donors (Lipinski definition) is 0. The second kappa shape index (κ2) is 6.45. The van der Waals surface area contributed by atoms with Gasteiger partial charge in [0.1, 0.15) is 0 Å².